The number of hydrogen-bond acceptors (Lipinski definition) is 6. The molecule has 0 atom stereocenters. The van der Waals surface area contributed by atoms with Crippen molar-refractivity contribution in [3.8, 4) is 0 Å². The van der Waals surface area contributed by atoms with Gasteiger partial charge in [0.1, 0.15) is 0 Å². The molecule has 8 nitrogen and oxygen atoms in total. The van der Waals surface area contributed by atoms with Gasteiger partial charge in [0.2, 0.25) is 15.9 Å². The SMILES string of the molecule is CCC(=O)Nc1ccc(S(=O)(=O)NCC2CCN(c3ccc(C)nn3)CC2)c(C)c1. The summed E-state index contributed by atoms with van der Waals surface area (Å²) in [5, 5.41) is 11.1. The Morgan fingerprint density at radius 3 is 2.47 bits per heavy atom. The number of nitrogens with one attached hydrogen (secondary N) is 2. The molecule has 3 rings (SSSR count). The van der Waals surface area contributed by atoms with Gasteiger partial charge >= 0.3 is 0 Å². The van der Waals surface area contributed by atoms with Crippen molar-refractivity contribution in [3.63, 3.8) is 0 Å². The minimum absolute atomic E-state index is 0.105. The van der Waals surface area contributed by atoms with Crippen molar-refractivity contribution in [3.05, 3.63) is 41.6 Å². The number of benzene rings is 1. The summed E-state index contributed by atoms with van der Waals surface area (Å²) in [6.45, 7) is 7.47. The molecule has 1 aliphatic heterocycles. The molecule has 2 heterocycles. The van der Waals surface area contributed by atoms with Crippen LogP contribution in [0.3, 0.4) is 0 Å². The van der Waals surface area contributed by atoms with E-state index in [1.165, 1.54) is 0 Å². The van der Waals surface area contributed by atoms with E-state index >= 15 is 0 Å². The maximum Gasteiger partial charge on any atom is 0.240 e. The van der Waals surface area contributed by atoms with E-state index in [4.69, 9.17) is 0 Å². The number of anilines is 2. The molecule has 1 aliphatic rings. The molecule has 0 bridgehead atoms. The Bertz CT molecular complexity index is 984. The molecule has 1 fully saturated rings. The fraction of sp³-hybridized carbons (Fsp3) is 0.476. The van der Waals surface area contributed by atoms with Crippen molar-refractivity contribution in [2.45, 2.75) is 44.9 Å². The number of hydrogen-bond donors (Lipinski definition) is 2. The van der Waals surface area contributed by atoms with Crippen LogP contribution in [0.2, 0.25) is 0 Å². The molecule has 0 spiro atoms. The van der Waals surface area contributed by atoms with Crippen LogP contribution in [-0.4, -0.2) is 44.2 Å². The minimum Gasteiger partial charge on any atom is -0.355 e. The van der Waals surface area contributed by atoms with E-state index in [1.807, 2.05) is 19.1 Å². The first-order valence-corrected chi connectivity index (χ1v) is 11.7. The highest BCUT2D eigenvalue weighted by Crippen LogP contribution is 2.23. The number of piperidine rings is 1. The van der Waals surface area contributed by atoms with E-state index in [-0.39, 0.29) is 16.7 Å². The Balaban J connectivity index is 1.55. The van der Waals surface area contributed by atoms with Gasteiger partial charge in [0, 0.05) is 31.7 Å². The number of carbonyl (C=O) groups excluding carboxylic acids is 1. The van der Waals surface area contributed by atoms with Crippen LogP contribution in [-0.2, 0) is 14.8 Å². The van der Waals surface area contributed by atoms with Gasteiger partial charge in [-0.2, -0.15) is 5.10 Å². The van der Waals surface area contributed by atoms with Gasteiger partial charge < -0.3 is 10.2 Å². The van der Waals surface area contributed by atoms with E-state index < -0.39 is 10.0 Å². The first kappa shape index (κ1) is 22.2. The van der Waals surface area contributed by atoms with Gasteiger partial charge in [-0.05, 0) is 68.5 Å². The molecule has 2 N–H and O–H groups in total. The van der Waals surface area contributed by atoms with Crippen LogP contribution in [0.5, 0.6) is 0 Å². The predicted octanol–water partition coefficient (Wildman–Crippen LogP) is 2.64. The summed E-state index contributed by atoms with van der Waals surface area (Å²) < 4.78 is 28.3. The molecule has 0 saturated carbocycles. The van der Waals surface area contributed by atoms with Gasteiger partial charge in [-0.1, -0.05) is 6.92 Å². The monoisotopic (exact) mass is 431 g/mol. The molecule has 9 heteroatoms. The summed E-state index contributed by atoms with van der Waals surface area (Å²) in [4.78, 5) is 14.0. The number of aromatic nitrogens is 2. The van der Waals surface area contributed by atoms with Gasteiger partial charge in [-0.15, -0.1) is 5.10 Å². The molecule has 0 unspecified atom stereocenters. The quantitative estimate of drug-likeness (QED) is 0.698. The zero-order valence-electron chi connectivity index (χ0n) is 17.7. The molecular weight excluding hydrogens is 402 g/mol. The molecule has 2 aromatic rings. The van der Waals surface area contributed by atoms with Gasteiger partial charge in [-0.3, -0.25) is 4.79 Å². The van der Waals surface area contributed by atoms with Crippen molar-refractivity contribution >= 4 is 27.4 Å². The Labute approximate surface area is 178 Å². The Morgan fingerprint density at radius 2 is 1.87 bits per heavy atom. The van der Waals surface area contributed by atoms with E-state index in [0.29, 0.717) is 24.2 Å². The largest absolute Gasteiger partial charge is 0.355 e. The van der Waals surface area contributed by atoms with E-state index in [9.17, 15) is 13.2 Å². The zero-order valence-corrected chi connectivity index (χ0v) is 18.5. The minimum atomic E-state index is -3.61. The predicted molar refractivity (Wildman–Crippen MR) is 117 cm³/mol. The zero-order chi connectivity index (χ0) is 21.7. The first-order chi connectivity index (χ1) is 14.3. The molecule has 0 aliphatic carbocycles. The van der Waals surface area contributed by atoms with Crippen LogP contribution in [0.15, 0.2) is 35.2 Å². The number of carbonyl (C=O) groups is 1. The second-order valence-corrected chi connectivity index (χ2v) is 9.43. The fourth-order valence-electron chi connectivity index (χ4n) is 3.51. The van der Waals surface area contributed by atoms with Crippen LogP contribution in [0, 0.1) is 19.8 Å². The van der Waals surface area contributed by atoms with Crippen molar-refractivity contribution < 1.29 is 13.2 Å². The lowest BCUT2D eigenvalue weighted by Crippen LogP contribution is -2.39. The Hall–Kier alpha value is -2.52. The molecular formula is C21H29N5O3S. The lowest BCUT2D eigenvalue weighted by Gasteiger charge is -2.32. The molecule has 0 radical (unpaired) electrons. The van der Waals surface area contributed by atoms with Crippen LogP contribution in [0.25, 0.3) is 0 Å². The number of rotatable bonds is 7. The summed E-state index contributed by atoms with van der Waals surface area (Å²) in [6.07, 6.45) is 2.15. The maximum atomic E-state index is 12.8. The van der Waals surface area contributed by atoms with Crippen molar-refractivity contribution in [1.82, 2.24) is 14.9 Å². The van der Waals surface area contributed by atoms with E-state index in [1.54, 1.807) is 32.0 Å². The third-order valence-corrected chi connectivity index (χ3v) is 6.94. The van der Waals surface area contributed by atoms with E-state index in [0.717, 1.165) is 37.4 Å². The molecule has 1 amide bonds. The highest BCUT2D eigenvalue weighted by Gasteiger charge is 2.23. The summed E-state index contributed by atoms with van der Waals surface area (Å²) in [7, 11) is -3.61. The Kier molecular flexibility index (Phi) is 7.04. The smallest absolute Gasteiger partial charge is 0.240 e. The average Bonchev–Trinajstić information content (AvgIpc) is 2.73. The maximum absolute atomic E-state index is 12.8. The first-order valence-electron chi connectivity index (χ1n) is 10.2. The van der Waals surface area contributed by atoms with Gasteiger partial charge in [0.15, 0.2) is 5.82 Å². The van der Waals surface area contributed by atoms with E-state index in [2.05, 4.69) is 25.1 Å². The fourth-order valence-corrected chi connectivity index (χ4v) is 4.85. The highest BCUT2D eigenvalue weighted by molar-refractivity contribution is 7.89. The molecule has 1 aromatic heterocycles. The van der Waals surface area contributed by atoms with Gasteiger partial charge in [0.05, 0.1) is 10.6 Å². The third-order valence-electron chi connectivity index (χ3n) is 5.35. The number of nitrogens with zero attached hydrogens (tertiary/aromatic N) is 3. The second-order valence-electron chi connectivity index (χ2n) is 7.70. The standard InChI is InChI=1S/C21H29N5O3S/c1-4-21(27)23-18-6-7-19(15(2)13-18)30(28,29)22-14-17-9-11-26(12-10-17)20-8-5-16(3)24-25-20/h5-8,13,17,22H,4,9-12,14H2,1-3H3,(H,23,27). The second kappa shape index (κ2) is 9.53. The molecule has 162 valence electrons. The topological polar surface area (TPSA) is 104 Å². The lowest BCUT2D eigenvalue weighted by molar-refractivity contribution is -0.115. The van der Waals surface area contributed by atoms with Gasteiger partial charge in [0.25, 0.3) is 0 Å². The Morgan fingerprint density at radius 1 is 1.13 bits per heavy atom. The van der Waals surface area contributed by atoms with Crippen molar-refractivity contribution in [2.24, 2.45) is 5.92 Å². The summed E-state index contributed by atoms with van der Waals surface area (Å²) >= 11 is 0. The van der Waals surface area contributed by atoms with Crippen molar-refractivity contribution in [1.29, 1.82) is 0 Å². The number of sulfonamides is 1. The van der Waals surface area contributed by atoms with Crippen LogP contribution in [0.1, 0.15) is 37.4 Å². The van der Waals surface area contributed by atoms with Crippen LogP contribution >= 0.6 is 0 Å². The highest BCUT2D eigenvalue weighted by atomic mass is 32.2. The number of aryl methyl sites for hydroxylation is 2. The van der Waals surface area contributed by atoms with Crippen LogP contribution in [0.4, 0.5) is 11.5 Å². The summed E-state index contributed by atoms with van der Waals surface area (Å²) in [5.74, 6) is 1.04. The van der Waals surface area contributed by atoms with Crippen molar-refractivity contribution in [2.75, 3.05) is 29.9 Å². The third kappa shape index (κ3) is 5.54. The average molecular weight is 432 g/mol. The lowest BCUT2D eigenvalue weighted by atomic mass is 9.97. The summed E-state index contributed by atoms with van der Waals surface area (Å²) in [5.41, 5.74) is 2.09. The normalized spacial score (nSPS) is 15.2. The van der Waals surface area contributed by atoms with Gasteiger partial charge in [-0.25, -0.2) is 13.1 Å². The molecule has 1 aromatic carbocycles. The van der Waals surface area contributed by atoms with Crippen LogP contribution < -0.4 is 14.9 Å². The number of amides is 1. The summed E-state index contributed by atoms with van der Waals surface area (Å²) in [6, 6.07) is 8.77. The molecule has 30 heavy (non-hydrogen) atoms. The molecule has 1 saturated heterocycles.